The van der Waals surface area contributed by atoms with Gasteiger partial charge in [0.25, 0.3) is 0 Å². The quantitative estimate of drug-likeness (QED) is 0.780. The number of nitrogens with two attached hydrogens (primary N) is 1. The lowest BCUT2D eigenvalue weighted by atomic mass is 10.2. The fraction of sp³-hybridized carbons (Fsp3) is 0.545. The molecule has 0 aromatic carbocycles. The van der Waals surface area contributed by atoms with E-state index < -0.39 is 0 Å². The largest absolute Gasteiger partial charge is 0.397 e. The van der Waals surface area contributed by atoms with E-state index in [-0.39, 0.29) is 0 Å². The molecule has 76 valence electrons. The molecule has 1 aliphatic rings. The van der Waals surface area contributed by atoms with Gasteiger partial charge in [-0.25, -0.2) is 0 Å². The standard InChI is InChI=1S/C11H17N3/c1-14(11-4-5-11)7-6-10-3-2-9(12)8-13-10/h2-3,8,11H,4-7,12H2,1H3. The Balaban J connectivity index is 1.82. The van der Waals surface area contributed by atoms with Gasteiger partial charge >= 0.3 is 0 Å². The number of rotatable bonds is 4. The average Bonchev–Trinajstić information content (AvgIpc) is 3.00. The highest BCUT2D eigenvalue weighted by atomic mass is 15.1. The molecule has 3 heteroatoms. The third-order valence-corrected chi connectivity index (χ3v) is 2.74. The van der Waals surface area contributed by atoms with Gasteiger partial charge in [-0.15, -0.1) is 0 Å². The van der Waals surface area contributed by atoms with Gasteiger partial charge < -0.3 is 10.6 Å². The van der Waals surface area contributed by atoms with Crippen molar-refractivity contribution in [2.24, 2.45) is 0 Å². The third kappa shape index (κ3) is 2.45. The molecule has 1 aromatic rings. The topological polar surface area (TPSA) is 42.1 Å². The van der Waals surface area contributed by atoms with Crippen molar-refractivity contribution in [3.05, 3.63) is 24.0 Å². The zero-order valence-electron chi connectivity index (χ0n) is 8.61. The molecule has 0 bridgehead atoms. The van der Waals surface area contributed by atoms with Gasteiger partial charge in [-0.3, -0.25) is 4.98 Å². The first-order chi connectivity index (χ1) is 6.75. The Morgan fingerprint density at radius 1 is 1.50 bits per heavy atom. The van der Waals surface area contributed by atoms with Crippen molar-refractivity contribution in [1.82, 2.24) is 9.88 Å². The normalized spacial score (nSPS) is 16.1. The molecule has 2 rings (SSSR count). The smallest absolute Gasteiger partial charge is 0.0501 e. The van der Waals surface area contributed by atoms with E-state index in [0.717, 1.165) is 30.4 Å². The molecule has 0 radical (unpaired) electrons. The van der Waals surface area contributed by atoms with Gasteiger partial charge in [0, 0.05) is 24.7 Å². The number of nitrogen functional groups attached to an aromatic ring is 1. The summed E-state index contributed by atoms with van der Waals surface area (Å²) in [6.07, 6.45) is 5.48. The minimum Gasteiger partial charge on any atom is -0.397 e. The van der Waals surface area contributed by atoms with Gasteiger partial charge in [0.2, 0.25) is 0 Å². The number of pyridine rings is 1. The van der Waals surface area contributed by atoms with Crippen LogP contribution in [0.1, 0.15) is 18.5 Å². The Bertz CT molecular complexity index is 290. The summed E-state index contributed by atoms with van der Waals surface area (Å²) in [5.74, 6) is 0. The molecule has 1 fully saturated rings. The molecular weight excluding hydrogens is 174 g/mol. The van der Waals surface area contributed by atoms with Crippen molar-refractivity contribution in [2.75, 3.05) is 19.3 Å². The summed E-state index contributed by atoms with van der Waals surface area (Å²) in [6.45, 7) is 1.10. The second-order valence-electron chi connectivity index (χ2n) is 4.04. The van der Waals surface area contributed by atoms with Crippen LogP contribution in [-0.4, -0.2) is 29.5 Å². The van der Waals surface area contributed by atoms with Crippen molar-refractivity contribution in [3.63, 3.8) is 0 Å². The van der Waals surface area contributed by atoms with E-state index in [0.29, 0.717) is 0 Å². The average molecular weight is 191 g/mol. The summed E-state index contributed by atoms with van der Waals surface area (Å²) < 4.78 is 0. The van der Waals surface area contributed by atoms with Crippen LogP contribution in [0, 0.1) is 0 Å². The molecule has 0 saturated heterocycles. The highest BCUT2D eigenvalue weighted by Crippen LogP contribution is 2.25. The summed E-state index contributed by atoms with van der Waals surface area (Å²) in [7, 11) is 2.19. The molecule has 0 atom stereocenters. The molecule has 0 spiro atoms. The van der Waals surface area contributed by atoms with E-state index in [9.17, 15) is 0 Å². The Hall–Kier alpha value is -1.09. The maximum Gasteiger partial charge on any atom is 0.0501 e. The third-order valence-electron chi connectivity index (χ3n) is 2.74. The van der Waals surface area contributed by atoms with Crippen LogP contribution in [-0.2, 0) is 6.42 Å². The molecular formula is C11H17N3. The first kappa shape index (κ1) is 9.46. The van der Waals surface area contributed by atoms with E-state index in [1.165, 1.54) is 12.8 Å². The predicted octanol–water partition coefficient (Wildman–Crippen LogP) is 1.30. The second kappa shape index (κ2) is 3.96. The van der Waals surface area contributed by atoms with E-state index in [1.54, 1.807) is 6.20 Å². The Morgan fingerprint density at radius 2 is 2.29 bits per heavy atom. The Labute approximate surface area is 84.9 Å². The summed E-state index contributed by atoms with van der Waals surface area (Å²) in [5, 5.41) is 0. The van der Waals surface area contributed by atoms with Gasteiger partial charge in [0.15, 0.2) is 0 Å². The number of aromatic nitrogens is 1. The van der Waals surface area contributed by atoms with Crippen molar-refractivity contribution in [2.45, 2.75) is 25.3 Å². The van der Waals surface area contributed by atoms with Gasteiger partial charge in [-0.05, 0) is 32.0 Å². The fourth-order valence-electron chi connectivity index (χ4n) is 1.57. The lowest BCUT2D eigenvalue weighted by Gasteiger charge is -2.14. The van der Waals surface area contributed by atoms with Crippen LogP contribution in [0.5, 0.6) is 0 Å². The molecule has 14 heavy (non-hydrogen) atoms. The Kier molecular flexibility index (Phi) is 2.68. The summed E-state index contributed by atoms with van der Waals surface area (Å²) in [4.78, 5) is 6.69. The van der Waals surface area contributed by atoms with Gasteiger partial charge in [-0.1, -0.05) is 0 Å². The number of anilines is 1. The Morgan fingerprint density at radius 3 is 2.86 bits per heavy atom. The molecule has 1 saturated carbocycles. The van der Waals surface area contributed by atoms with Crippen LogP contribution in [0.3, 0.4) is 0 Å². The van der Waals surface area contributed by atoms with Crippen LogP contribution in [0.2, 0.25) is 0 Å². The van der Waals surface area contributed by atoms with Gasteiger partial charge in [0.1, 0.15) is 0 Å². The molecule has 0 amide bonds. The zero-order chi connectivity index (χ0) is 9.97. The summed E-state index contributed by atoms with van der Waals surface area (Å²) >= 11 is 0. The zero-order valence-corrected chi connectivity index (χ0v) is 8.61. The maximum atomic E-state index is 5.57. The van der Waals surface area contributed by atoms with E-state index in [1.807, 2.05) is 12.1 Å². The lowest BCUT2D eigenvalue weighted by Crippen LogP contribution is -2.23. The SMILES string of the molecule is CN(CCc1ccc(N)cn1)C1CC1. The highest BCUT2D eigenvalue weighted by molar-refractivity contribution is 5.34. The molecule has 3 nitrogen and oxygen atoms in total. The van der Waals surface area contributed by atoms with Gasteiger partial charge in [-0.2, -0.15) is 0 Å². The van der Waals surface area contributed by atoms with Crippen LogP contribution in [0.25, 0.3) is 0 Å². The molecule has 0 aliphatic heterocycles. The summed E-state index contributed by atoms with van der Waals surface area (Å²) in [6, 6.07) is 4.76. The molecule has 2 N–H and O–H groups in total. The number of hydrogen-bond acceptors (Lipinski definition) is 3. The van der Waals surface area contributed by atoms with Crippen LogP contribution >= 0.6 is 0 Å². The van der Waals surface area contributed by atoms with E-state index in [4.69, 9.17) is 5.73 Å². The molecule has 1 heterocycles. The van der Waals surface area contributed by atoms with Crippen LogP contribution in [0.15, 0.2) is 18.3 Å². The minimum atomic E-state index is 0.740. The lowest BCUT2D eigenvalue weighted by molar-refractivity contribution is 0.327. The number of hydrogen-bond donors (Lipinski definition) is 1. The fourth-order valence-corrected chi connectivity index (χ4v) is 1.57. The van der Waals surface area contributed by atoms with E-state index >= 15 is 0 Å². The maximum absolute atomic E-state index is 5.57. The summed E-state index contributed by atoms with van der Waals surface area (Å²) in [5.41, 5.74) is 7.44. The van der Waals surface area contributed by atoms with Crippen molar-refractivity contribution in [1.29, 1.82) is 0 Å². The van der Waals surface area contributed by atoms with Gasteiger partial charge in [0.05, 0.1) is 11.9 Å². The van der Waals surface area contributed by atoms with Crippen molar-refractivity contribution >= 4 is 5.69 Å². The number of likely N-dealkylation sites (N-methyl/N-ethyl adjacent to an activating group) is 1. The second-order valence-corrected chi connectivity index (χ2v) is 4.04. The molecule has 1 aliphatic carbocycles. The van der Waals surface area contributed by atoms with Crippen LogP contribution < -0.4 is 5.73 Å². The van der Waals surface area contributed by atoms with Crippen molar-refractivity contribution < 1.29 is 0 Å². The predicted molar refractivity (Wildman–Crippen MR) is 58.0 cm³/mol. The highest BCUT2D eigenvalue weighted by Gasteiger charge is 2.25. The van der Waals surface area contributed by atoms with E-state index in [2.05, 4.69) is 16.9 Å². The minimum absolute atomic E-state index is 0.740. The number of nitrogens with zero attached hydrogens (tertiary/aromatic N) is 2. The first-order valence-corrected chi connectivity index (χ1v) is 5.16. The monoisotopic (exact) mass is 191 g/mol. The van der Waals surface area contributed by atoms with Crippen LogP contribution in [0.4, 0.5) is 5.69 Å². The van der Waals surface area contributed by atoms with Crippen molar-refractivity contribution in [3.8, 4) is 0 Å². The molecule has 0 unspecified atom stereocenters. The molecule has 1 aromatic heterocycles. The first-order valence-electron chi connectivity index (χ1n) is 5.16.